The van der Waals surface area contributed by atoms with Crippen LogP contribution in [0.25, 0.3) is 0 Å². The lowest BCUT2D eigenvalue weighted by molar-refractivity contribution is 0.0342. The van der Waals surface area contributed by atoms with E-state index >= 15 is 0 Å². The third kappa shape index (κ3) is 5.74. The second-order valence-corrected chi connectivity index (χ2v) is 8.95. The van der Waals surface area contributed by atoms with Crippen LogP contribution in [0.3, 0.4) is 0 Å². The van der Waals surface area contributed by atoms with Gasteiger partial charge in [0.15, 0.2) is 0 Å². The maximum atomic E-state index is 5.58. The van der Waals surface area contributed by atoms with E-state index in [0.29, 0.717) is 0 Å². The van der Waals surface area contributed by atoms with Crippen molar-refractivity contribution in [2.75, 3.05) is 41.0 Å². The number of likely N-dealkylation sites (tertiary alicyclic amines) is 1. The van der Waals surface area contributed by atoms with Gasteiger partial charge < -0.3 is 13.3 Å². The van der Waals surface area contributed by atoms with Crippen molar-refractivity contribution in [3.8, 4) is 0 Å². The van der Waals surface area contributed by atoms with Crippen LogP contribution in [0.1, 0.15) is 51.9 Å². The Balaban J connectivity index is 2.17. The number of hydrogen-bond acceptors (Lipinski definition) is 5. The zero-order valence-electron chi connectivity index (χ0n) is 14.8. The largest absolute Gasteiger partial charge is 0.518 e. The molecule has 0 amide bonds. The summed E-state index contributed by atoms with van der Waals surface area (Å²) in [4.78, 5) is 6.91. The molecule has 0 aromatic heterocycles. The highest BCUT2D eigenvalue weighted by molar-refractivity contribution is 6.62. The van der Waals surface area contributed by atoms with Crippen LogP contribution in [0, 0.1) is 0 Å². The Morgan fingerprint density at radius 1 is 1.09 bits per heavy atom. The quantitative estimate of drug-likeness (QED) is 0.296. The lowest BCUT2D eigenvalue weighted by Gasteiger charge is -2.46. The maximum Gasteiger partial charge on any atom is 0.518 e. The molecule has 0 radical (unpaired) electrons. The molecule has 6 heteroatoms. The van der Waals surface area contributed by atoms with Gasteiger partial charge in [-0.05, 0) is 32.0 Å². The average Bonchev–Trinajstić information content (AvgIpc) is 2.53. The second kappa shape index (κ2) is 11.3. The highest BCUT2D eigenvalue weighted by atomic mass is 28.4. The number of aliphatic imine (C=N–C) groups is 1. The highest BCUT2D eigenvalue weighted by Gasteiger charge is 2.53. The molecular formula is C16H34N2O3Si. The molecule has 0 saturated carbocycles. The van der Waals surface area contributed by atoms with Crippen LogP contribution in [-0.2, 0) is 13.3 Å². The van der Waals surface area contributed by atoms with E-state index in [-0.39, 0.29) is 5.67 Å². The van der Waals surface area contributed by atoms with Crippen LogP contribution >= 0.6 is 0 Å². The number of rotatable bonds is 13. The van der Waals surface area contributed by atoms with Gasteiger partial charge in [-0.1, -0.05) is 32.6 Å². The smallest absolute Gasteiger partial charge is 0.376 e. The van der Waals surface area contributed by atoms with E-state index in [4.69, 9.17) is 13.3 Å². The van der Waals surface area contributed by atoms with Crippen molar-refractivity contribution in [3.63, 3.8) is 0 Å². The van der Waals surface area contributed by atoms with E-state index in [0.717, 1.165) is 32.5 Å². The molecule has 0 bridgehead atoms. The van der Waals surface area contributed by atoms with Gasteiger partial charge in [0.1, 0.15) is 0 Å². The summed E-state index contributed by atoms with van der Waals surface area (Å²) < 4.78 is 16.7. The van der Waals surface area contributed by atoms with E-state index < -0.39 is 8.80 Å². The van der Waals surface area contributed by atoms with E-state index in [2.05, 4.69) is 23.0 Å². The zero-order valence-corrected chi connectivity index (χ0v) is 15.8. The van der Waals surface area contributed by atoms with E-state index in [1.807, 2.05) is 0 Å². The molecule has 1 aliphatic rings. The molecule has 130 valence electrons. The molecule has 22 heavy (non-hydrogen) atoms. The first-order valence-electron chi connectivity index (χ1n) is 8.61. The van der Waals surface area contributed by atoms with Gasteiger partial charge >= 0.3 is 8.80 Å². The van der Waals surface area contributed by atoms with Gasteiger partial charge in [0.2, 0.25) is 0 Å². The minimum Gasteiger partial charge on any atom is -0.376 e. The predicted octanol–water partition coefficient (Wildman–Crippen LogP) is 2.91. The molecule has 1 atom stereocenters. The van der Waals surface area contributed by atoms with Crippen molar-refractivity contribution in [1.29, 1.82) is 0 Å². The van der Waals surface area contributed by atoms with Crippen LogP contribution in [0.15, 0.2) is 4.99 Å². The van der Waals surface area contributed by atoms with Gasteiger partial charge in [0.25, 0.3) is 0 Å². The summed E-state index contributed by atoms with van der Waals surface area (Å²) in [6, 6.07) is 0. The van der Waals surface area contributed by atoms with E-state index in [1.54, 1.807) is 21.3 Å². The highest BCUT2D eigenvalue weighted by Crippen LogP contribution is 2.27. The predicted molar refractivity (Wildman–Crippen MR) is 93.5 cm³/mol. The molecule has 0 aromatic rings. The first-order chi connectivity index (χ1) is 10.7. The Labute approximate surface area is 137 Å². The molecule has 1 rings (SSSR count). The molecule has 1 heterocycles. The summed E-state index contributed by atoms with van der Waals surface area (Å²) in [5.74, 6) is 0. The second-order valence-electron chi connectivity index (χ2n) is 5.85. The molecule has 1 unspecified atom stereocenters. The molecule has 0 spiro atoms. The monoisotopic (exact) mass is 330 g/mol. The fraction of sp³-hybridized carbons (Fsp3) is 0.938. The lowest BCUT2D eigenvalue weighted by Crippen LogP contribution is -2.67. The summed E-state index contributed by atoms with van der Waals surface area (Å²) in [6.45, 7) is 5.15. The molecule has 1 aliphatic heterocycles. The maximum absolute atomic E-state index is 5.58. The number of hydrogen-bond donors (Lipinski definition) is 0. The first-order valence-corrected chi connectivity index (χ1v) is 10.4. The van der Waals surface area contributed by atoms with Crippen molar-refractivity contribution in [1.82, 2.24) is 4.90 Å². The van der Waals surface area contributed by atoms with Crippen LogP contribution in [0.2, 0.25) is 0 Å². The Kier molecular flexibility index (Phi) is 10.1. The standard InChI is InChI=1S/C16H34N2O3Si/c1-5-6-7-8-9-10-12-17-13-15-18-14-11-16(18)22(19-2,20-3)21-4/h12,16H,5-11,13-15H2,1-4H3. The Bertz CT molecular complexity index is 304. The summed E-state index contributed by atoms with van der Waals surface area (Å²) >= 11 is 0. The molecule has 0 aromatic carbocycles. The zero-order chi connectivity index (χ0) is 16.3. The van der Waals surface area contributed by atoms with Gasteiger partial charge in [0, 0.05) is 27.9 Å². The van der Waals surface area contributed by atoms with E-state index in [9.17, 15) is 0 Å². The summed E-state index contributed by atoms with van der Waals surface area (Å²) in [5.41, 5.74) is 0.289. The number of unbranched alkanes of at least 4 members (excludes halogenated alkanes) is 5. The van der Waals surface area contributed by atoms with Gasteiger partial charge in [-0.2, -0.15) is 0 Å². The van der Waals surface area contributed by atoms with Crippen molar-refractivity contribution >= 4 is 15.0 Å². The van der Waals surface area contributed by atoms with E-state index in [1.165, 1.54) is 32.1 Å². The molecule has 0 N–H and O–H groups in total. The Hall–Kier alpha value is -0.273. The minimum atomic E-state index is -2.52. The summed E-state index contributed by atoms with van der Waals surface area (Å²) in [5, 5.41) is 0. The van der Waals surface area contributed by atoms with Crippen molar-refractivity contribution in [2.45, 2.75) is 57.5 Å². The lowest BCUT2D eigenvalue weighted by atomic mass is 10.1. The fourth-order valence-electron chi connectivity index (χ4n) is 2.97. The Morgan fingerprint density at radius 3 is 2.32 bits per heavy atom. The summed E-state index contributed by atoms with van der Waals surface area (Å²) in [7, 11) is 2.54. The van der Waals surface area contributed by atoms with Crippen LogP contribution < -0.4 is 0 Å². The third-order valence-electron chi connectivity index (χ3n) is 4.47. The normalized spacial score (nSPS) is 19.7. The van der Waals surface area contributed by atoms with Gasteiger partial charge in [-0.15, -0.1) is 0 Å². The van der Waals surface area contributed by atoms with Crippen LogP contribution in [0.5, 0.6) is 0 Å². The van der Waals surface area contributed by atoms with Crippen LogP contribution in [-0.4, -0.2) is 66.5 Å². The number of nitrogens with zero attached hydrogens (tertiary/aromatic N) is 2. The SMILES string of the molecule is CCCCCCCC=NCCN1CCC1[Si](OC)(OC)OC. The van der Waals surface area contributed by atoms with Gasteiger partial charge in [-0.25, -0.2) is 0 Å². The van der Waals surface area contributed by atoms with Crippen LogP contribution in [0.4, 0.5) is 0 Å². The molecule has 5 nitrogen and oxygen atoms in total. The van der Waals surface area contributed by atoms with Crippen molar-refractivity contribution < 1.29 is 13.3 Å². The topological polar surface area (TPSA) is 43.3 Å². The van der Waals surface area contributed by atoms with Crippen molar-refractivity contribution in [2.24, 2.45) is 4.99 Å². The van der Waals surface area contributed by atoms with Gasteiger partial charge in [-0.3, -0.25) is 9.89 Å². The fourth-order valence-corrected chi connectivity index (χ4v) is 5.48. The first kappa shape index (κ1) is 19.8. The summed E-state index contributed by atoms with van der Waals surface area (Å²) in [6.07, 6.45) is 10.9. The van der Waals surface area contributed by atoms with Gasteiger partial charge in [0.05, 0.1) is 12.2 Å². The average molecular weight is 331 g/mol. The molecular weight excluding hydrogens is 296 g/mol. The minimum absolute atomic E-state index is 0.289. The Morgan fingerprint density at radius 2 is 1.77 bits per heavy atom. The third-order valence-corrected chi connectivity index (χ3v) is 7.65. The molecule has 1 saturated heterocycles. The molecule has 0 aliphatic carbocycles. The van der Waals surface area contributed by atoms with Crippen molar-refractivity contribution in [3.05, 3.63) is 0 Å². The molecule has 1 fully saturated rings.